The summed E-state index contributed by atoms with van der Waals surface area (Å²) >= 11 is 0. The molecule has 1 N–H and O–H groups in total. The zero-order valence-electron chi connectivity index (χ0n) is 17.6. The van der Waals surface area contributed by atoms with E-state index in [1.165, 1.54) is 5.56 Å². The Labute approximate surface area is 172 Å². The van der Waals surface area contributed by atoms with E-state index < -0.39 is 0 Å². The topological polar surface area (TPSA) is 53.4 Å². The van der Waals surface area contributed by atoms with Crippen molar-refractivity contribution in [2.45, 2.75) is 26.6 Å². The molecule has 0 unspecified atom stereocenters. The van der Waals surface area contributed by atoms with Gasteiger partial charge >= 0.3 is 6.03 Å². The molecule has 0 spiro atoms. The van der Waals surface area contributed by atoms with Crippen molar-refractivity contribution in [1.82, 2.24) is 19.8 Å². The van der Waals surface area contributed by atoms with Crippen LogP contribution in [0.4, 0.5) is 10.5 Å². The molecule has 0 bridgehead atoms. The number of carbonyl (C=O) groups excluding carboxylic acids is 1. The number of hydrogen-bond acceptors (Lipinski definition) is 3. The number of aromatic nitrogens is 2. The highest BCUT2D eigenvalue weighted by Crippen LogP contribution is 2.13. The van der Waals surface area contributed by atoms with Gasteiger partial charge in [0, 0.05) is 58.9 Å². The first kappa shape index (κ1) is 20.5. The van der Waals surface area contributed by atoms with E-state index in [1.54, 1.807) is 4.90 Å². The monoisotopic (exact) mass is 391 g/mol. The SMILES string of the molecule is Cc1nccn1Cc1cccc(CNC(=O)N(C)Cc2ccc(N(C)C)cc2)c1. The van der Waals surface area contributed by atoms with E-state index in [2.05, 4.69) is 56.2 Å². The fraction of sp³-hybridized carbons (Fsp3) is 0.304. The predicted octanol–water partition coefficient (Wildman–Crippen LogP) is 3.65. The highest BCUT2D eigenvalue weighted by atomic mass is 16.2. The molecule has 6 nitrogen and oxygen atoms in total. The van der Waals surface area contributed by atoms with Gasteiger partial charge in [0.05, 0.1) is 0 Å². The lowest BCUT2D eigenvalue weighted by Crippen LogP contribution is -2.36. The third-order valence-electron chi connectivity index (χ3n) is 4.93. The summed E-state index contributed by atoms with van der Waals surface area (Å²) in [5.74, 6) is 0.990. The van der Waals surface area contributed by atoms with Gasteiger partial charge in [-0.3, -0.25) is 0 Å². The lowest BCUT2D eigenvalue weighted by molar-refractivity contribution is 0.206. The maximum Gasteiger partial charge on any atom is 0.317 e. The number of urea groups is 1. The zero-order chi connectivity index (χ0) is 20.8. The Kier molecular flexibility index (Phi) is 6.54. The molecule has 0 saturated carbocycles. The molecule has 0 fully saturated rings. The highest BCUT2D eigenvalue weighted by Gasteiger charge is 2.09. The largest absolute Gasteiger partial charge is 0.378 e. The number of carbonyl (C=O) groups is 1. The van der Waals surface area contributed by atoms with Gasteiger partial charge in [-0.05, 0) is 35.7 Å². The molecule has 0 radical (unpaired) electrons. The van der Waals surface area contributed by atoms with Gasteiger partial charge in [0.25, 0.3) is 0 Å². The molecule has 1 heterocycles. The summed E-state index contributed by atoms with van der Waals surface area (Å²) in [6.45, 7) is 3.84. The van der Waals surface area contributed by atoms with Crippen molar-refractivity contribution in [2.75, 3.05) is 26.0 Å². The molecular formula is C23H29N5O. The Hall–Kier alpha value is -3.28. The van der Waals surface area contributed by atoms with E-state index in [4.69, 9.17) is 0 Å². The van der Waals surface area contributed by atoms with Gasteiger partial charge in [0.1, 0.15) is 5.82 Å². The summed E-state index contributed by atoms with van der Waals surface area (Å²) in [4.78, 5) is 20.5. The van der Waals surface area contributed by atoms with Crippen molar-refractivity contribution in [3.8, 4) is 0 Å². The van der Waals surface area contributed by atoms with Crippen LogP contribution in [0, 0.1) is 6.92 Å². The quantitative estimate of drug-likeness (QED) is 0.669. The lowest BCUT2D eigenvalue weighted by Gasteiger charge is -2.19. The molecule has 2 amide bonds. The minimum Gasteiger partial charge on any atom is -0.378 e. The Morgan fingerprint density at radius 2 is 1.76 bits per heavy atom. The molecule has 2 aromatic carbocycles. The number of imidazole rings is 1. The van der Waals surface area contributed by atoms with E-state index in [9.17, 15) is 4.79 Å². The van der Waals surface area contributed by atoms with Gasteiger partial charge in [-0.15, -0.1) is 0 Å². The molecule has 0 aliphatic carbocycles. The van der Waals surface area contributed by atoms with Crippen LogP contribution in [-0.4, -0.2) is 41.6 Å². The normalized spacial score (nSPS) is 10.6. The number of amides is 2. The number of nitrogens with one attached hydrogen (secondary N) is 1. The second-order valence-corrected chi connectivity index (χ2v) is 7.50. The summed E-state index contributed by atoms with van der Waals surface area (Å²) in [7, 11) is 5.84. The molecule has 0 aliphatic heterocycles. The maximum absolute atomic E-state index is 12.5. The van der Waals surface area contributed by atoms with Crippen LogP contribution in [0.15, 0.2) is 60.9 Å². The molecule has 29 heavy (non-hydrogen) atoms. The fourth-order valence-electron chi connectivity index (χ4n) is 3.16. The summed E-state index contributed by atoms with van der Waals surface area (Å²) in [6.07, 6.45) is 3.78. The van der Waals surface area contributed by atoms with Crippen LogP contribution < -0.4 is 10.2 Å². The number of nitrogens with zero attached hydrogens (tertiary/aromatic N) is 4. The first-order valence-corrected chi connectivity index (χ1v) is 9.73. The summed E-state index contributed by atoms with van der Waals surface area (Å²) < 4.78 is 2.10. The van der Waals surface area contributed by atoms with Crippen LogP contribution in [0.2, 0.25) is 0 Å². The average molecular weight is 392 g/mol. The molecule has 0 atom stereocenters. The minimum absolute atomic E-state index is 0.0856. The fourth-order valence-corrected chi connectivity index (χ4v) is 3.16. The Morgan fingerprint density at radius 3 is 2.41 bits per heavy atom. The zero-order valence-corrected chi connectivity index (χ0v) is 17.6. The number of aryl methyl sites for hydroxylation is 1. The number of benzene rings is 2. The van der Waals surface area contributed by atoms with Gasteiger partial charge < -0.3 is 19.7 Å². The van der Waals surface area contributed by atoms with Crippen LogP contribution in [0.1, 0.15) is 22.5 Å². The summed E-state index contributed by atoms with van der Waals surface area (Å²) in [5.41, 5.74) is 4.52. The second kappa shape index (κ2) is 9.28. The number of anilines is 1. The molecular weight excluding hydrogens is 362 g/mol. The van der Waals surface area contributed by atoms with E-state index >= 15 is 0 Å². The first-order chi connectivity index (χ1) is 13.9. The van der Waals surface area contributed by atoms with Crippen LogP contribution in [-0.2, 0) is 19.6 Å². The molecule has 0 aliphatic rings. The van der Waals surface area contributed by atoms with Crippen molar-refractivity contribution in [1.29, 1.82) is 0 Å². The van der Waals surface area contributed by atoms with Crippen molar-refractivity contribution in [2.24, 2.45) is 0 Å². The average Bonchev–Trinajstić information content (AvgIpc) is 3.11. The van der Waals surface area contributed by atoms with Crippen LogP contribution in [0.25, 0.3) is 0 Å². The minimum atomic E-state index is -0.0856. The third kappa shape index (κ3) is 5.60. The van der Waals surface area contributed by atoms with Crippen molar-refractivity contribution < 1.29 is 4.79 Å². The van der Waals surface area contributed by atoms with E-state index in [-0.39, 0.29) is 6.03 Å². The lowest BCUT2D eigenvalue weighted by atomic mass is 10.1. The second-order valence-electron chi connectivity index (χ2n) is 7.50. The molecule has 3 rings (SSSR count). The third-order valence-corrected chi connectivity index (χ3v) is 4.93. The first-order valence-electron chi connectivity index (χ1n) is 9.73. The van der Waals surface area contributed by atoms with Gasteiger partial charge in [-0.2, -0.15) is 0 Å². The van der Waals surface area contributed by atoms with Gasteiger partial charge in [0.2, 0.25) is 0 Å². The van der Waals surface area contributed by atoms with Crippen LogP contribution in [0.5, 0.6) is 0 Å². The van der Waals surface area contributed by atoms with Gasteiger partial charge in [0.15, 0.2) is 0 Å². The van der Waals surface area contributed by atoms with Crippen molar-refractivity contribution in [3.05, 3.63) is 83.4 Å². The van der Waals surface area contributed by atoms with Crippen LogP contribution in [0.3, 0.4) is 0 Å². The smallest absolute Gasteiger partial charge is 0.317 e. The van der Waals surface area contributed by atoms with E-state index in [1.807, 2.05) is 52.6 Å². The Balaban J connectivity index is 1.53. The molecule has 1 aromatic heterocycles. The summed E-state index contributed by atoms with van der Waals surface area (Å²) in [6, 6.07) is 16.4. The molecule has 3 aromatic rings. The van der Waals surface area contributed by atoms with Crippen molar-refractivity contribution in [3.63, 3.8) is 0 Å². The van der Waals surface area contributed by atoms with Gasteiger partial charge in [-0.1, -0.05) is 36.4 Å². The van der Waals surface area contributed by atoms with Crippen LogP contribution >= 0.6 is 0 Å². The molecule has 0 saturated heterocycles. The predicted molar refractivity (Wildman–Crippen MR) is 117 cm³/mol. The Morgan fingerprint density at radius 1 is 1.03 bits per heavy atom. The number of rotatable bonds is 7. The molecule has 6 heteroatoms. The highest BCUT2D eigenvalue weighted by molar-refractivity contribution is 5.73. The van der Waals surface area contributed by atoms with E-state index in [0.29, 0.717) is 13.1 Å². The van der Waals surface area contributed by atoms with Crippen molar-refractivity contribution >= 4 is 11.7 Å². The standard InChI is InChI=1S/C23H29N5O/c1-18-24-12-13-28(18)17-21-7-5-6-20(14-21)15-25-23(29)27(4)16-19-8-10-22(11-9-19)26(2)3/h5-14H,15-17H2,1-4H3,(H,25,29). The van der Waals surface area contributed by atoms with Gasteiger partial charge in [-0.25, -0.2) is 9.78 Å². The summed E-state index contributed by atoms with van der Waals surface area (Å²) in [5, 5.41) is 3.01. The number of hydrogen-bond donors (Lipinski definition) is 1. The van der Waals surface area contributed by atoms with E-state index in [0.717, 1.165) is 29.2 Å². The maximum atomic E-state index is 12.5. The molecule has 152 valence electrons. The Bertz CT molecular complexity index is 946.